The first-order chi connectivity index (χ1) is 27.0. The third-order valence-corrected chi connectivity index (χ3v) is 9.01. The first kappa shape index (κ1) is 40.0. The van der Waals surface area contributed by atoms with Crippen LogP contribution < -0.4 is 20.1 Å². The summed E-state index contributed by atoms with van der Waals surface area (Å²) < 4.78 is 74.9. The average molecular weight is 781 g/mol. The molecule has 1 fully saturated rings. The second-order valence-electron chi connectivity index (χ2n) is 12.5. The van der Waals surface area contributed by atoms with Gasteiger partial charge in [0.2, 0.25) is 5.91 Å². The number of nitrogens with zero attached hydrogens (tertiary/aromatic N) is 4. The molecule has 0 radical (unpaired) electrons. The van der Waals surface area contributed by atoms with Gasteiger partial charge in [0.25, 0.3) is 0 Å². The molecule has 3 heterocycles. The van der Waals surface area contributed by atoms with Gasteiger partial charge in [-0.2, -0.15) is 13.2 Å². The number of imidazole rings is 1. The molecule has 2 amide bonds. The number of aromatic nitrogens is 4. The second-order valence-corrected chi connectivity index (χ2v) is 12.5. The van der Waals surface area contributed by atoms with Crippen LogP contribution in [0.25, 0.3) is 11.2 Å². The summed E-state index contributed by atoms with van der Waals surface area (Å²) in [6, 6.07) is 24.3. The summed E-state index contributed by atoms with van der Waals surface area (Å²) in [7, 11) is 3.14. The molecular weight excluding hydrogens is 741 g/mol. The first-order valence-corrected chi connectivity index (χ1v) is 17.3. The third-order valence-electron chi connectivity index (χ3n) is 9.01. The molecule has 18 heteroatoms. The number of benzene rings is 3. The molecule has 56 heavy (non-hydrogen) atoms. The minimum Gasteiger partial charge on any atom is -0.497 e. The van der Waals surface area contributed by atoms with Gasteiger partial charge in [-0.15, -0.1) is 0 Å². The van der Waals surface area contributed by atoms with Crippen molar-refractivity contribution in [3.05, 3.63) is 108 Å². The molecule has 5 aromatic rings. The number of aliphatic hydroxyl groups excluding tert-OH is 1. The lowest BCUT2D eigenvalue weighted by Gasteiger charge is -2.37. The van der Waals surface area contributed by atoms with Crippen molar-refractivity contribution < 1.29 is 56.3 Å². The Labute approximate surface area is 318 Å². The van der Waals surface area contributed by atoms with Gasteiger partial charge in [-0.3, -0.25) is 14.2 Å². The lowest BCUT2D eigenvalue weighted by molar-refractivity contribution is -0.174. The largest absolute Gasteiger partial charge is 0.497 e. The van der Waals surface area contributed by atoms with Gasteiger partial charge >= 0.3 is 12.1 Å². The van der Waals surface area contributed by atoms with Gasteiger partial charge in [0, 0.05) is 13.5 Å². The van der Waals surface area contributed by atoms with E-state index in [-0.39, 0.29) is 36.1 Å². The standard InChI is InChI=1S/C38H39F3N6O9/c1-23(48)46-33-30-34(44-20-43-33)47(21-45-30)35-32(54-22-53-18-17-42-36(50)38(39,40)41)31(49)29(56-35)19-55-37(24-7-5-4-6-8-24,25-9-13-27(51-2)14-10-25)26-11-15-28(52-3)16-12-26/h4-16,20-21,29,31-32,35,49H,17-19,22H2,1-3H3,(H,42,50)(H,43,44,46,48)/t29-,31-,32-,35-/m1/s1. The predicted molar refractivity (Wildman–Crippen MR) is 193 cm³/mol. The van der Waals surface area contributed by atoms with Crippen LogP contribution in [0.1, 0.15) is 29.8 Å². The number of carbonyl (C=O) groups is 2. The van der Waals surface area contributed by atoms with E-state index in [1.54, 1.807) is 19.5 Å². The number of hydrogen-bond acceptors (Lipinski definition) is 12. The molecule has 0 aliphatic carbocycles. The molecule has 0 bridgehead atoms. The Balaban J connectivity index is 1.32. The molecule has 6 rings (SSSR count). The Kier molecular flexibility index (Phi) is 12.5. The van der Waals surface area contributed by atoms with E-state index in [0.717, 1.165) is 16.7 Å². The molecule has 1 aliphatic heterocycles. The van der Waals surface area contributed by atoms with Gasteiger partial charge in [-0.1, -0.05) is 54.6 Å². The van der Waals surface area contributed by atoms with Gasteiger partial charge < -0.3 is 44.2 Å². The van der Waals surface area contributed by atoms with E-state index in [1.165, 1.54) is 24.1 Å². The Hall–Kier alpha value is -5.66. The molecule has 0 spiro atoms. The number of carbonyl (C=O) groups excluding carboxylic acids is 2. The van der Waals surface area contributed by atoms with Crippen LogP contribution in [0.5, 0.6) is 11.5 Å². The van der Waals surface area contributed by atoms with Crippen molar-refractivity contribution in [1.29, 1.82) is 0 Å². The number of hydrogen-bond donors (Lipinski definition) is 3. The first-order valence-electron chi connectivity index (χ1n) is 17.3. The predicted octanol–water partition coefficient (Wildman–Crippen LogP) is 4.11. The molecule has 0 unspecified atom stereocenters. The smallest absolute Gasteiger partial charge is 0.471 e. The van der Waals surface area contributed by atoms with Crippen molar-refractivity contribution in [3.8, 4) is 11.5 Å². The molecule has 1 aliphatic rings. The quantitative estimate of drug-likeness (QED) is 0.0744. The van der Waals surface area contributed by atoms with Gasteiger partial charge in [0.05, 0.1) is 33.8 Å². The Morgan fingerprint density at radius 1 is 0.893 bits per heavy atom. The van der Waals surface area contributed by atoms with Crippen molar-refractivity contribution in [2.45, 2.75) is 43.2 Å². The van der Waals surface area contributed by atoms with Crippen molar-refractivity contribution in [2.24, 2.45) is 0 Å². The van der Waals surface area contributed by atoms with Crippen molar-refractivity contribution >= 4 is 28.8 Å². The summed E-state index contributed by atoms with van der Waals surface area (Å²) in [6.45, 7) is -0.154. The summed E-state index contributed by atoms with van der Waals surface area (Å²) in [6.07, 6.45) is -7.12. The number of nitrogens with one attached hydrogen (secondary N) is 2. The Morgan fingerprint density at radius 2 is 1.52 bits per heavy atom. The number of methoxy groups -OCH3 is 2. The second kappa shape index (κ2) is 17.4. The number of aliphatic hydroxyl groups is 1. The van der Waals surface area contributed by atoms with Crippen molar-refractivity contribution in [3.63, 3.8) is 0 Å². The highest BCUT2D eigenvalue weighted by molar-refractivity contribution is 5.95. The monoisotopic (exact) mass is 780 g/mol. The van der Waals surface area contributed by atoms with E-state index in [9.17, 15) is 27.9 Å². The zero-order chi connectivity index (χ0) is 39.9. The molecule has 296 valence electrons. The minimum atomic E-state index is -5.04. The van der Waals surface area contributed by atoms with Crippen molar-refractivity contribution in [1.82, 2.24) is 24.8 Å². The highest BCUT2D eigenvalue weighted by Crippen LogP contribution is 2.43. The maximum absolute atomic E-state index is 12.6. The lowest BCUT2D eigenvalue weighted by Crippen LogP contribution is -2.40. The van der Waals surface area contributed by atoms with Crippen LogP contribution >= 0.6 is 0 Å². The van der Waals surface area contributed by atoms with Crippen LogP contribution in [0.15, 0.2) is 91.5 Å². The minimum absolute atomic E-state index is 0.146. The van der Waals surface area contributed by atoms with Crippen LogP contribution in [-0.2, 0) is 34.1 Å². The highest BCUT2D eigenvalue weighted by Gasteiger charge is 2.48. The fourth-order valence-electron chi connectivity index (χ4n) is 6.36. The topological polar surface area (TPSA) is 177 Å². The Morgan fingerprint density at radius 3 is 2.11 bits per heavy atom. The van der Waals surface area contributed by atoms with Crippen LogP contribution in [0, 0.1) is 0 Å². The van der Waals surface area contributed by atoms with Crippen LogP contribution in [0.4, 0.5) is 19.0 Å². The number of fused-ring (bicyclic) bond motifs is 1. The number of amides is 2. The number of rotatable bonds is 16. The number of ether oxygens (including phenoxy) is 6. The fraction of sp³-hybridized carbons (Fsp3) is 0.342. The van der Waals surface area contributed by atoms with Gasteiger partial charge in [-0.25, -0.2) is 15.0 Å². The third kappa shape index (κ3) is 8.58. The summed E-state index contributed by atoms with van der Waals surface area (Å²) in [4.78, 5) is 35.9. The number of alkyl halides is 3. The molecule has 15 nitrogen and oxygen atoms in total. The molecular formula is C38H39F3N6O9. The van der Waals surface area contributed by atoms with Gasteiger partial charge in [0.1, 0.15) is 48.5 Å². The van der Waals surface area contributed by atoms with E-state index in [0.29, 0.717) is 11.5 Å². The zero-order valence-corrected chi connectivity index (χ0v) is 30.4. The van der Waals surface area contributed by atoms with E-state index in [4.69, 9.17) is 28.4 Å². The van der Waals surface area contributed by atoms with Gasteiger partial charge in [0.15, 0.2) is 23.2 Å². The van der Waals surface area contributed by atoms with E-state index in [2.05, 4.69) is 20.3 Å². The van der Waals surface area contributed by atoms with Crippen LogP contribution in [0.3, 0.4) is 0 Å². The summed E-state index contributed by atoms with van der Waals surface area (Å²) >= 11 is 0. The molecule has 4 atom stereocenters. The van der Waals surface area contributed by atoms with Crippen LogP contribution in [0.2, 0.25) is 0 Å². The van der Waals surface area contributed by atoms with E-state index < -0.39 is 55.6 Å². The highest BCUT2D eigenvalue weighted by atomic mass is 19.4. The van der Waals surface area contributed by atoms with Gasteiger partial charge in [-0.05, 0) is 41.0 Å². The fourth-order valence-corrected chi connectivity index (χ4v) is 6.36. The SMILES string of the molecule is COc1ccc(C(OC[C@H]2O[C@@H](n3cnc4c(NC(C)=O)ncnc43)[C@H](OCOCCNC(=O)C(F)(F)F)[C@@H]2O)(c2ccccc2)c2ccc(OC)cc2)cc1. The number of halogens is 3. The summed E-state index contributed by atoms with van der Waals surface area (Å²) in [5.41, 5.74) is 1.45. The molecule has 1 saturated heterocycles. The Bertz CT molecular complexity index is 2040. The zero-order valence-electron chi connectivity index (χ0n) is 30.4. The molecule has 3 N–H and O–H groups in total. The summed E-state index contributed by atoms with van der Waals surface area (Å²) in [5, 5.41) is 16.2. The molecule has 2 aromatic heterocycles. The summed E-state index contributed by atoms with van der Waals surface area (Å²) in [5.74, 6) is -1.08. The number of anilines is 1. The lowest BCUT2D eigenvalue weighted by atomic mass is 9.80. The average Bonchev–Trinajstić information content (AvgIpc) is 3.77. The van der Waals surface area contributed by atoms with Crippen molar-refractivity contribution in [2.75, 3.05) is 46.1 Å². The maximum Gasteiger partial charge on any atom is 0.471 e. The van der Waals surface area contributed by atoms with Crippen LogP contribution in [-0.4, -0.2) is 102 Å². The normalized spacial score (nSPS) is 18.5. The maximum atomic E-state index is 12.6. The van der Waals surface area contributed by atoms with E-state index in [1.807, 2.05) is 78.9 Å². The molecule has 3 aromatic carbocycles. The molecule has 0 saturated carbocycles. The van der Waals surface area contributed by atoms with E-state index >= 15 is 0 Å².